The maximum atomic E-state index is 5.52. The van der Waals surface area contributed by atoms with Gasteiger partial charge in [-0.15, -0.1) is 0 Å². The molecule has 1 saturated heterocycles. The van der Waals surface area contributed by atoms with E-state index in [1.165, 1.54) is 11.1 Å². The van der Waals surface area contributed by atoms with Crippen molar-refractivity contribution in [2.45, 2.75) is 19.9 Å². The summed E-state index contributed by atoms with van der Waals surface area (Å²) >= 11 is 5.52. The molecule has 108 valence electrons. The summed E-state index contributed by atoms with van der Waals surface area (Å²) < 4.78 is 8.46. The molecule has 2 aromatic rings. The summed E-state index contributed by atoms with van der Waals surface area (Å²) in [5.74, 6) is 0. The van der Waals surface area contributed by atoms with Crippen LogP contribution in [0, 0.1) is 11.7 Å². The lowest BCUT2D eigenvalue weighted by Crippen LogP contribution is -2.39. The molecule has 2 heterocycles. The Morgan fingerprint density at radius 1 is 1.35 bits per heavy atom. The van der Waals surface area contributed by atoms with Crippen molar-refractivity contribution in [1.29, 1.82) is 0 Å². The second kappa shape index (κ2) is 5.68. The Labute approximate surface area is 124 Å². The maximum Gasteiger partial charge on any atom is 0.178 e. The topological polar surface area (TPSA) is 33.2 Å². The lowest BCUT2D eigenvalue weighted by Gasteiger charge is -2.29. The van der Waals surface area contributed by atoms with Crippen LogP contribution in [0.25, 0.3) is 11.0 Å². The summed E-state index contributed by atoms with van der Waals surface area (Å²) in [4.78, 5) is 5.80. The highest BCUT2D eigenvalue weighted by Gasteiger charge is 2.17. The number of H-pyrrole nitrogens is 1. The van der Waals surface area contributed by atoms with Gasteiger partial charge in [0, 0.05) is 25.7 Å². The van der Waals surface area contributed by atoms with Crippen molar-refractivity contribution in [2.24, 2.45) is 0 Å². The van der Waals surface area contributed by atoms with Crippen molar-refractivity contribution < 1.29 is 4.74 Å². The highest BCUT2D eigenvalue weighted by atomic mass is 32.1. The van der Waals surface area contributed by atoms with Crippen LogP contribution in [0.4, 0.5) is 0 Å². The third kappa shape index (κ3) is 2.53. The summed E-state index contributed by atoms with van der Waals surface area (Å²) in [6.07, 6.45) is 0. The Kier molecular flexibility index (Phi) is 3.92. The number of aryl methyl sites for hydroxylation is 1. The van der Waals surface area contributed by atoms with Gasteiger partial charge in [-0.3, -0.25) is 4.90 Å². The van der Waals surface area contributed by atoms with Crippen molar-refractivity contribution in [2.75, 3.05) is 32.8 Å². The molecule has 1 aromatic carbocycles. The van der Waals surface area contributed by atoms with Crippen LogP contribution in [0.15, 0.2) is 18.2 Å². The molecule has 1 atom stereocenters. The quantitative estimate of drug-likeness (QED) is 0.883. The number of morpholine rings is 1. The van der Waals surface area contributed by atoms with Gasteiger partial charge in [0.1, 0.15) is 0 Å². The first-order chi connectivity index (χ1) is 9.66. The van der Waals surface area contributed by atoms with Crippen LogP contribution in [0.5, 0.6) is 0 Å². The maximum absolute atomic E-state index is 5.52. The number of nitrogens with zero attached hydrogens (tertiary/aromatic N) is 2. The molecule has 5 heteroatoms. The van der Waals surface area contributed by atoms with Gasteiger partial charge in [-0.2, -0.15) is 0 Å². The van der Waals surface area contributed by atoms with Crippen molar-refractivity contribution in [3.63, 3.8) is 0 Å². The van der Waals surface area contributed by atoms with Crippen LogP contribution in [-0.2, 0) is 4.74 Å². The summed E-state index contributed by atoms with van der Waals surface area (Å²) in [6, 6.07) is 6.71. The van der Waals surface area contributed by atoms with Crippen molar-refractivity contribution in [3.05, 3.63) is 28.5 Å². The number of ether oxygens (including phenoxy) is 1. The standard InChI is InChI=1S/C15H21N3OS/c1-11-4-3-5-13-14(11)16-15(20)18(13)12(2)10-17-6-8-19-9-7-17/h3-5,12H,6-10H2,1-2H3,(H,16,20). The number of imidazole rings is 1. The fraction of sp³-hybridized carbons (Fsp3) is 0.533. The molecule has 1 fully saturated rings. The average Bonchev–Trinajstić information content (AvgIpc) is 2.78. The monoisotopic (exact) mass is 291 g/mol. The molecule has 0 bridgehead atoms. The van der Waals surface area contributed by atoms with Crippen LogP contribution < -0.4 is 0 Å². The largest absolute Gasteiger partial charge is 0.379 e. The molecule has 1 aliphatic rings. The second-order valence-corrected chi connectivity index (χ2v) is 5.92. The van der Waals surface area contributed by atoms with Gasteiger partial charge < -0.3 is 14.3 Å². The minimum atomic E-state index is 0.358. The number of aromatic amines is 1. The van der Waals surface area contributed by atoms with Crippen molar-refractivity contribution in [3.8, 4) is 0 Å². The Bertz CT molecular complexity index is 655. The number of aromatic nitrogens is 2. The van der Waals surface area contributed by atoms with Gasteiger partial charge >= 0.3 is 0 Å². The Balaban J connectivity index is 1.91. The van der Waals surface area contributed by atoms with E-state index < -0.39 is 0 Å². The van der Waals surface area contributed by atoms with E-state index in [9.17, 15) is 0 Å². The normalized spacial score (nSPS) is 18.5. The Morgan fingerprint density at radius 3 is 2.85 bits per heavy atom. The highest BCUT2D eigenvalue weighted by molar-refractivity contribution is 7.71. The molecule has 0 saturated carbocycles. The number of hydrogen-bond donors (Lipinski definition) is 1. The number of nitrogens with one attached hydrogen (secondary N) is 1. The lowest BCUT2D eigenvalue weighted by molar-refractivity contribution is 0.0327. The van der Waals surface area contributed by atoms with Gasteiger partial charge in [0.15, 0.2) is 4.77 Å². The van der Waals surface area contributed by atoms with E-state index in [1.807, 2.05) is 0 Å². The van der Waals surface area contributed by atoms with E-state index >= 15 is 0 Å². The minimum absolute atomic E-state index is 0.358. The SMILES string of the molecule is Cc1cccc2c1[nH]c(=S)n2C(C)CN1CCOCC1. The third-order valence-corrected chi connectivity index (χ3v) is 4.33. The third-order valence-electron chi connectivity index (χ3n) is 4.03. The molecular formula is C15H21N3OS. The second-order valence-electron chi connectivity index (χ2n) is 5.53. The summed E-state index contributed by atoms with van der Waals surface area (Å²) in [5.41, 5.74) is 3.60. The van der Waals surface area contributed by atoms with Gasteiger partial charge in [-0.25, -0.2) is 0 Å². The molecule has 1 unspecified atom stereocenters. The fourth-order valence-corrected chi connectivity index (χ4v) is 3.35. The van der Waals surface area contributed by atoms with E-state index in [0.717, 1.165) is 43.1 Å². The van der Waals surface area contributed by atoms with E-state index in [2.05, 4.69) is 46.5 Å². The number of hydrogen-bond acceptors (Lipinski definition) is 3. The first kappa shape index (κ1) is 13.8. The van der Waals surface area contributed by atoms with Crippen LogP contribution in [0.1, 0.15) is 18.5 Å². The fourth-order valence-electron chi connectivity index (χ4n) is 2.97. The zero-order chi connectivity index (χ0) is 14.1. The van der Waals surface area contributed by atoms with Crippen LogP contribution in [-0.4, -0.2) is 47.3 Å². The number of fused-ring (bicyclic) bond motifs is 1. The van der Waals surface area contributed by atoms with E-state index in [0.29, 0.717) is 6.04 Å². The molecule has 1 N–H and O–H groups in total. The average molecular weight is 291 g/mol. The van der Waals surface area contributed by atoms with Gasteiger partial charge in [-0.1, -0.05) is 12.1 Å². The molecule has 0 amide bonds. The van der Waals surface area contributed by atoms with Crippen molar-refractivity contribution >= 4 is 23.3 Å². The molecule has 1 aromatic heterocycles. The molecule has 0 spiro atoms. The first-order valence-electron chi connectivity index (χ1n) is 7.17. The zero-order valence-electron chi connectivity index (χ0n) is 12.1. The summed E-state index contributed by atoms with van der Waals surface area (Å²) in [6.45, 7) is 9.07. The minimum Gasteiger partial charge on any atom is -0.379 e. The lowest BCUT2D eigenvalue weighted by atomic mass is 10.2. The number of rotatable bonds is 3. The number of benzene rings is 1. The van der Waals surface area contributed by atoms with E-state index in [-0.39, 0.29) is 0 Å². The Morgan fingerprint density at radius 2 is 2.10 bits per heavy atom. The van der Waals surface area contributed by atoms with Crippen LogP contribution >= 0.6 is 12.2 Å². The summed E-state index contributed by atoms with van der Waals surface area (Å²) in [5, 5.41) is 0. The Hall–Kier alpha value is -1.17. The molecule has 3 rings (SSSR count). The van der Waals surface area contributed by atoms with Gasteiger partial charge in [-0.05, 0) is 37.7 Å². The van der Waals surface area contributed by atoms with Crippen LogP contribution in [0.3, 0.4) is 0 Å². The molecule has 0 aliphatic carbocycles. The van der Waals surface area contributed by atoms with E-state index in [1.54, 1.807) is 0 Å². The highest BCUT2D eigenvalue weighted by Crippen LogP contribution is 2.22. The van der Waals surface area contributed by atoms with E-state index in [4.69, 9.17) is 17.0 Å². The van der Waals surface area contributed by atoms with Gasteiger partial charge in [0.2, 0.25) is 0 Å². The van der Waals surface area contributed by atoms with Gasteiger partial charge in [0.25, 0.3) is 0 Å². The predicted octanol–water partition coefficient (Wildman–Crippen LogP) is 2.90. The molecule has 20 heavy (non-hydrogen) atoms. The predicted molar refractivity (Wildman–Crippen MR) is 83.8 cm³/mol. The molecule has 1 aliphatic heterocycles. The molecule has 0 radical (unpaired) electrons. The molecular weight excluding hydrogens is 270 g/mol. The summed E-state index contributed by atoms with van der Waals surface area (Å²) in [7, 11) is 0. The first-order valence-corrected chi connectivity index (χ1v) is 7.57. The zero-order valence-corrected chi connectivity index (χ0v) is 12.9. The molecule has 4 nitrogen and oxygen atoms in total. The van der Waals surface area contributed by atoms with Crippen molar-refractivity contribution in [1.82, 2.24) is 14.5 Å². The smallest absolute Gasteiger partial charge is 0.178 e. The van der Waals surface area contributed by atoms with Crippen LogP contribution in [0.2, 0.25) is 0 Å². The van der Waals surface area contributed by atoms with Gasteiger partial charge in [0.05, 0.1) is 24.2 Å². The number of para-hydroxylation sites is 1.